The highest BCUT2D eigenvalue weighted by molar-refractivity contribution is 6.10. The molecule has 0 aliphatic rings. The van der Waals surface area contributed by atoms with E-state index in [0.717, 1.165) is 50.4 Å². The molecule has 0 aliphatic carbocycles. The Morgan fingerprint density at radius 3 is 1.25 bits per heavy atom. The summed E-state index contributed by atoms with van der Waals surface area (Å²) in [5, 5.41) is 2.36. The van der Waals surface area contributed by atoms with Gasteiger partial charge in [-0.3, -0.25) is 9.80 Å². The van der Waals surface area contributed by atoms with Crippen molar-refractivity contribution >= 4 is 56.5 Å². The minimum absolute atomic E-state index is 0.507. The van der Waals surface area contributed by atoms with Gasteiger partial charge in [0.2, 0.25) is 11.9 Å². The van der Waals surface area contributed by atoms with E-state index in [1.54, 1.807) is 0 Å². The van der Waals surface area contributed by atoms with Crippen LogP contribution in [0.1, 0.15) is 0 Å². The van der Waals surface area contributed by atoms with E-state index in [4.69, 9.17) is 15.0 Å². The fourth-order valence-corrected chi connectivity index (χ4v) is 6.72. The lowest BCUT2D eigenvalue weighted by Gasteiger charge is -2.27. The summed E-state index contributed by atoms with van der Waals surface area (Å²) in [6.07, 6.45) is 0. The number of para-hydroxylation sites is 6. The van der Waals surface area contributed by atoms with Crippen molar-refractivity contribution in [2.24, 2.45) is 0 Å². The van der Waals surface area contributed by atoms with Crippen molar-refractivity contribution in [2.75, 3.05) is 9.80 Å². The summed E-state index contributed by atoms with van der Waals surface area (Å²) in [6.45, 7) is 0. The van der Waals surface area contributed by atoms with Crippen LogP contribution in [-0.4, -0.2) is 19.5 Å². The van der Waals surface area contributed by atoms with E-state index in [1.807, 2.05) is 78.9 Å². The van der Waals surface area contributed by atoms with E-state index in [2.05, 4.69) is 130 Å². The molecule has 9 rings (SSSR count). The van der Waals surface area contributed by atoms with Crippen LogP contribution >= 0.6 is 0 Å². The molecule has 2 heterocycles. The van der Waals surface area contributed by atoms with Gasteiger partial charge in [-0.2, -0.15) is 15.0 Å². The highest BCUT2D eigenvalue weighted by Crippen LogP contribution is 2.39. The quantitative estimate of drug-likeness (QED) is 0.163. The molecule has 7 aromatic carbocycles. The van der Waals surface area contributed by atoms with Crippen molar-refractivity contribution in [3.63, 3.8) is 0 Å². The van der Waals surface area contributed by atoms with E-state index in [0.29, 0.717) is 17.7 Å². The van der Waals surface area contributed by atoms with Crippen LogP contribution in [0.25, 0.3) is 38.9 Å². The van der Waals surface area contributed by atoms with Crippen LogP contribution in [0.3, 0.4) is 0 Å². The Bertz CT molecular complexity index is 2390. The van der Waals surface area contributed by atoms with Gasteiger partial charge in [0.05, 0.1) is 11.0 Å². The van der Waals surface area contributed by atoms with Crippen LogP contribution in [0.5, 0.6) is 0 Å². The van der Waals surface area contributed by atoms with E-state index >= 15 is 0 Å². The number of hydrogen-bond acceptors (Lipinski definition) is 5. The highest BCUT2D eigenvalue weighted by atomic mass is 15.3. The fraction of sp³-hybridized carbons (Fsp3) is 0. The molecule has 0 aliphatic heterocycles. The lowest BCUT2D eigenvalue weighted by Crippen LogP contribution is -2.19. The van der Waals surface area contributed by atoms with Crippen molar-refractivity contribution in [2.45, 2.75) is 0 Å². The lowest BCUT2D eigenvalue weighted by molar-refractivity contribution is 0.988. The molecule has 51 heavy (non-hydrogen) atoms. The van der Waals surface area contributed by atoms with E-state index in [-0.39, 0.29) is 0 Å². The van der Waals surface area contributed by atoms with Crippen molar-refractivity contribution in [1.82, 2.24) is 19.5 Å². The lowest BCUT2D eigenvalue weighted by atomic mass is 10.1. The zero-order valence-corrected chi connectivity index (χ0v) is 27.7. The topological polar surface area (TPSA) is 50.1 Å². The zero-order valence-electron chi connectivity index (χ0n) is 27.7. The Morgan fingerprint density at radius 2 is 0.765 bits per heavy atom. The third-order valence-corrected chi connectivity index (χ3v) is 9.02. The summed E-state index contributed by atoms with van der Waals surface area (Å²) in [6, 6.07) is 66.5. The van der Waals surface area contributed by atoms with Crippen LogP contribution in [0.15, 0.2) is 194 Å². The molecule has 6 heteroatoms. The summed E-state index contributed by atoms with van der Waals surface area (Å²) in [5.74, 6) is 1.58. The number of hydrogen-bond donors (Lipinski definition) is 0. The summed E-state index contributed by atoms with van der Waals surface area (Å²) >= 11 is 0. The van der Waals surface area contributed by atoms with Gasteiger partial charge in [-0.15, -0.1) is 0 Å². The SMILES string of the molecule is c1ccc(N(c2ccccc2)c2nc(-c3ccc4c5ccccc5n(-c5ccccc5)c4c3)nc(N(c3ccccc3)c3ccccc3)n2)cc1. The molecule has 0 radical (unpaired) electrons. The van der Waals surface area contributed by atoms with E-state index < -0.39 is 0 Å². The van der Waals surface area contributed by atoms with Crippen LogP contribution in [0.2, 0.25) is 0 Å². The number of fused-ring (bicyclic) bond motifs is 3. The van der Waals surface area contributed by atoms with Crippen LogP contribution in [0, 0.1) is 0 Å². The van der Waals surface area contributed by atoms with Gasteiger partial charge < -0.3 is 4.57 Å². The Balaban J connectivity index is 1.32. The largest absolute Gasteiger partial charge is 0.309 e. The van der Waals surface area contributed by atoms with Gasteiger partial charge in [-0.25, -0.2) is 0 Å². The first-order valence-corrected chi connectivity index (χ1v) is 17.0. The molecule has 0 atom stereocenters. The average Bonchev–Trinajstić information content (AvgIpc) is 3.54. The fourth-order valence-electron chi connectivity index (χ4n) is 6.72. The Labute approximate surface area is 296 Å². The predicted octanol–water partition coefficient (Wildman–Crippen LogP) is 11.6. The maximum absolute atomic E-state index is 5.26. The van der Waals surface area contributed by atoms with Crippen molar-refractivity contribution in [3.8, 4) is 17.1 Å². The molecule has 6 nitrogen and oxygen atoms in total. The summed E-state index contributed by atoms with van der Waals surface area (Å²) in [7, 11) is 0. The smallest absolute Gasteiger partial charge is 0.240 e. The minimum Gasteiger partial charge on any atom is -0.309 e. The predicted molar refractivity (Wildman–Crippen MR) is 209 cm³/mol. The van der Waals surface area contributed by atoms with Gasteiger partial charge in [0, 0.05) is 44.8 Å². The molecular formula is C45H32N6. The average molecular weight is 657 g/mol. The second kappa shape index (κ2) is 13.1. The Kier molecular flexibility index (Phi) is 7.72. The molecule has 9 aromatic rings. The third kappa shape index (κ3) is 5.65. The Hall–Kier alpha value is -7.05. The van der Waals surface area contributed by atoms with Gasteiger partial charge >= 0.3 is 0 Å². The van der Waals surface area contributed by atoms with Crippen LogP contribution in [0.4, 0.5) is 34.6 Å². The third-order valence-electron chi connectivity index (χ3n) is 9.02. The molecule has 0 amide bonds. The number of nitrogens with zero attached hydrogens (tertiary/aromatic N) is 6. The van der Waals surface area contributed by atoms with Crippen molar-refractivity contribution in [3.05, 3.63) is 194 Å². The normalized spacial score (nSPS) is 11.1. The summed E-state index contributed by atoms with van der Waals surface area (Å²) in [4.78, 5) is 19.9. The molecule has 0 fully saturated rings. The monoisotopic (exact) mass is 656 g/mol. The van der Waals surface area contributed by atoms with E-state index in [1.165, 1.54) is 5.39 Å². The maximum atomic E-state index is 5.26. The number of anilines is 6. The molecular weight excluding hydrogens is 625 g/mol. The van der Waals surface area contributed by atoms with Crippen LogP contribution in [-0.2, 0) is 0 Å². The molecule has 242 valence electrons. The highest BCUT2D eigenvalue weighted by Gasteiger charge is 2.23. The van der Waals surface area contributed by atoms with Gasteiger partial charge in [0.25, 0.3) is 0 Å². The molecule has 0 spiro atoms. The van der Waals surface area contributed by atoms with Gasteiger partial charge in [0.1, 0.15) is 0 Å². The summed E-state index contributed by atoms with van der Waals surface area (Å²) in [5.41, 5.74) is 7.97. The number of aromatic nitrogens is 4. The molecule has 0 unspecified atom stereocenters. The maximum Gasteiger partial charge on any atom is 0.240 e. The molecule has 0 N–H and O–H groups in total. The van der Waals surface area contributed by atoms with Crippen LogP contribution < -0.4 is 9.80 Å². The van der Waals surface area contributed by atoms with Crippen molar-refractivity contribution in [1.29, 1.82) is 0 Å². The first-order chi connectivity index (χ1) is 25.3. The number of benzene rings is 7. The standard InChI is InChI=1S/C45H32N6/c1-6-18-34(19-7-1)49(35-20-8-2-9-21-35)44-46-43(47-45(48-44)50(36-22-10-3-11-23-36)37-24-12-4-13-25-37)33-30-31-40-39-28-16-17-29-41(39)51(42(40)32-33)38-26-14-5-15-27-38/h1-32H. The van der Waals surface area contributed by atoms with E-state index in [9.17, 15) is 0 Å². The number of rotatable bonds is 8. The molecule has 0 saturated heterocycles. The van der Waals surface area contributed by atoms with Gasteiger partial charge in [0.15, 0.2) is 5.82 Å². The second-order valence-corrected chi connectivity index (χ2v) is 12.2. The minimum atomic E-state index is 0.507. The Morgan fingerprint density at radius 1 is 0.353 bits per heavy atom. The zero-order chi connectivity index (χ0) is 34.0. The van der Waals surface area contributed by atoms with Gasteiger partial charge in [-0.1, -0.05) is 121 Å². The first-order valence-electron chi connectivity index (χ1n) is 17.0. The molecule has 2 aromatic heterocycles. The van der Waals surface area contributed by atoms with Crippen molar-refractivity contribution < 1.29 is 0 Å². The molecule has 0 bridgehead atoms. The molecule has 0 saturated carbocycles. The first kappa shape index (κ1) is 30.0. The van der Waals surface area contributed by atoms with Gasteiger partial charge in [-0.05, 0) is 72.8 Å². The second-order valence-electron chi connectivity index (χ2n) is 12.2. The summed E-state index contributed by atoms with van der Waals surface area (Å²) < 4.78 is 2.32.